The Morgan fingerprint density at radius 3 is 1.87 bits per heavy atom. The molecule has 0 atom stereocenters. The smallest absolute Gasteiger partial charge is 0.119 e. The summed E-state index contributed by atoms with van der Waals surface area (Å²) in [6.07, 6.45) is 1.02. The highest BCUT2D eigenvalue weighted by Gasteiger charge is 2.38. The first-order valence-corrected chi connectivity index (χ1v) is 18.3. The van der Waals surface area contributed by atoms with Gasteiger partial charge in [-0.1, -0.05) is 32.0 Å². The van der Waals surface area contributed by atoms with Crippen LogP contribution in [0.1, 0.15) is 72.1 Å². The minimum absolute atomic E-state index is 0.0291. The number of anilines is 1. The van der Waals surface area contributed by atoms with Crippen molar-refractivity contribution in [2.45, 2.75) is 91.3 Å². The Labute approximate surface area is 287 Å². The van der Waals surface area contributed by atoms with E-state index in [1.54, 1.807) is 0 Å². The molecule has 3 saturated heterocycles. The van der Waals surface area contributed by atoms with Crippen LogP contribution in [0.2, 0.25) is 0 Å². The molecule has 3 aliphatic heterocycles. The molecule has 7 heteroatoms. The molecule has 7 nitrogen and oxygen atoms in total. The van der Waals surface area contributed by atoms with Gasteiger partial charge in [0.05, 0.1) is 12.2 Å². The van der Waals surface area contributed by atoms with Crippen molar-refractivity contribution in [1.82, 2.24) is 19.6 Å². The van der Waals surface area contributed by atoms with Crippen molar-refractivity contribution in [3.05, 3.63) is 59.2 Å². The van der Waals surface area contributed by atoms with Crippen molar-refractivity contribution in [2.75, 3.05) is 96.7 Å². The first-order chi connectivity index (χ1) is 22.2. The third kappa shape index (κ3) is 10.2. The lowest BCUT2D eigenvalue weighted by atomic mass is 9.78. The highest BCUT2D eigenvalue weighted by atomic mass is 16.5. The number of ether oxygens (including phenoxy) is 2. The maximum Gasteiger partial charge on any atom is 0.119 e. The molecule has 0 N–H and O–H groups in total. The molecule has 3 aliphatic rings. The molecule has 262 valence electrons. The summed E-state index contributed by atoms with van der Waals surface area (Å²) in [7, 11) is 0. The Hall–Kier alpha value is -2.16. The van der Waals surface area contributed by atoms with Crippen molar-refractivity contribution < 1.29 is 9.47 Å². The molecule has 0 aromatic heterocycles. The maximum absolute atomic E-state index is 6.19. The molecule has 0 unspecified atom stereocenters. The van der Waals surface area contributed by atoms with Gasteiger partial charge in [0, 0.05) is 95.8 Å². The number of benzene rings is 2. The average molecular weight is 648 g/mol. The lowest BCUT2D eigenvalue weighted by Crippen LogP contribution is -2.66. The second kappa shape index (κ2) is 15.2. The van der Waals surface area contributed by atoms with Crippen molar-refractivity contribution >= 4 is 5.69 Å². The summed E-state index contributed by atoms with van der Waals surface area (Å²) < 4.78 is 12.1. The van der Waals surface area contributed by atoms with Crippen LogP contribution in [0.3, 0.4) is 0 Å². The second-order valence-electron chi connectivity index (χ2n) is 16.9. The zero-order valence-electron chi connectivity index (χ0n) is 31.3. The maximum atomic E-state index is 6.19. The van der Waals surface area contributed by atoms with E-state index in [1.165, 1.54) is 35.5 Å². The molecule has 47 heavy (non-hydrogen) atoms. The van der Waals surface area contributed by atoms with E-state index >= 15 is 0 Å². The Bertz CT molecular complexity index is 1260. The largest absolute Gasteiger partial charge is 0.492 e. The van der Waals surface area contributed by atoms with Gasteiger partial charge in [-0.2, -0.15) is 0 Å². The lowest BCUT2D eigenvalue weighted by molar-refractivity contribution is -0.0237. The highest BCUT2D eigenvalue weighted by Crippen LogP contribution is 2.32. The molecule has 0 bridgehead atoms. The van der Waals surface area contributed by atoms with Crippen LogP contribution < -0.4 is 9.64 Å². The van der Waals surface area contributed by atoms with Gasteiger partial charge in [-0.3, -0.25) is 19.6 Å². The number of hydrogen-bond acceptors (Lipinski definition) is 7. The minimum Gasteiger partial charge on any atom is -0.492 e. The lowest BCUT2D eigenvalue weighted by Gasteiger charge is -2.53. The summed E-state index contributed by atoms with van der Waals surface area (Å²) in [5.74, 6) is 0.966. The van der Waals surface area contributed by atoms with Crippen molar-refractivity contribution in [3.63, 3.8) is 0 Å². The number of hydrogen-bond donors (Lipinski definition) is 0. The molecule has 2 aromatic carbocycles. The SMILES string of the molecule is Cc1ccc(N2CCN(C3CN(C(C)(C)C)C3)CC2)cc1CC(C)(C)c1ccc(OCCN2CCN(CCOC(C)(C)C)CC2)cc1. The van der Waals surface area contributed by atoms with Gasteiger partial charge in [0.1, 0.15) is 12.4 Å². The third-order valence-corrected chi connectivity index (χ3v) is 10.7. The van der Waals surface area contributed by atoms with Gasteiger partial charge < -0.3 is 14.4 Å². The molecule has 0 spiro atoms. The van der Waals surface area contributed by atoms with E-state index in [0.29, 0.717) is 5.54 Å². The molecular formula is C40H65N5O2. The molecule has 2 aromatic rings. The normalized spacial score (nSPS) is 20.1. The predicted octanol–water partition coefficient (Wildman–Crippen LogP) is 5.93. The summed E-state index contributed by atoms with van der Waals surface area (Å²) in [5, 5.41) is 0. The molecule has 0 aliphatic carbocycles. The molecule has 3 fully saturated rings. The van der Waals surface area contributed by atoms with E-state index < -0.39 is 0 Å². The van der Waals surface area contributed by atoms with E-state index in [0.717, 1.165) is 96.9 Å². The zero-order valence-corrected chi connectivity index (χ0v) is 31.3. The van der Waals surface area contributed by atoms with Crippen LogP contribution in [0.15, 0.2) is 42.5 Å². The Balaban J connectivity index is 1.05. The van der Waals surface area contributed by atoms with Crippen LogP contribution in [0.5, 0.6) is 5.75 Å². The predicted molar refractivity (Wildman–Crippen MR) is 197 cm³/mol. The average Bonchev–Trinajstić information content (AvgIpc) is 2.98. The quantitative estimate of drug-likeness (QED) is 0.283. The standard InChI is InChI=1S/C40H65N5O2/c1-32-10-13-35(43-20-22-44(23-21-43)36-30-45(31-36)38(2,3)4)28-33(32)29-40(8,9)34-11-14-37(15-12-34)46-26-24-41-16-18-42(19-17-41)25-27-47-39(5,6)7/h10-15,28,36H,16-27,29-31H2,1-9H3. The van der Waals surface area contributed by atoms with Crippen LogP contribution in [0.25, 0.3) is 0 Å². The summed E-state index contributed by atoms with van der Waals surface area (Å²) in [5.41, 5.74) is 5.85. The molecular weight excluding hydrogens is 582 g/mol. The molecule has 0 radical (unpaired) electrons. The van der Waals surface area contributed by atoms with Gasteiger partial charge in [0.25, 0.3) is 0 Å². The fourth-order valence-corrected chi connectivity index (χ4v) is 7.21. The van der Waals surface area contributed by atoms with Gasteiger partial charge >= 0.3 is 0 Å². The van der Waals surface area contributed by atoms with E-state index in [4.69, 9.17) is 9.47 Å². The van der Waals surface area contributed by atoms with Crippen molar-refractivity contribution in [3.8, 4) is 5.75 Å². The monoisotopic (exact) mass is 648 g/mol. The van der Waals surface area contributed by atoms with Crippen LogP contribution >= 0.6 is 0 Å². The van der Waals surface area contributed by atoms with E-state index in [9.17, 15) is 0 Å². The van der Waals surface area contributed by atoms with E-state index in [1.807, 2.05) is 0 Å². The fraction of sp³-hybridized carbons (Fsp3) is 0.700. The van der Waals surface area contributed by atoms with Crippen LogP contribution in [-0.4, -0.2) is 129 Å². The summed E-state index contributed by atoms with van der Waals surface area (Å²) in [6.45, 7) is 35.3. The number of rotatable bonds is 12. The topological polar surface area (TPSA) is 34.7 Å². The number of piperazine rings is 2. The first-order valence-electron chi connectivity index (χ1n) is 18.3. The Morgan fingerprint density at radius 1 is 0.702 bits per heavy atom. The van der Waals surface area contributed by atoms with Gasteiger partial charge in [0.15, 0.2) is 0 Å². The zero-order chi connectivity index (χ0) is 33.8. The van der Waals surface area contributed by atoms with E-state index in [2.05, 4.69) is 129 Å². The Morgan fingerprint density at radius 2 is 1.30 bits per heavy atom. The van der Waals surface area contributed by atoms with Crippen LogP contribution in [0.4, 0.5) is 5.69 Å². The van der Waals surface area contributed by atoms with Gasteiger partial charge in [-0.05, 0) is 101 Å². The summed E-state index contributed by atoms with van der Waals surface area (Å²) in [6, 6.07) is 16.7. The van der Waals surface area contributed by atoms with E-state index in [-0.39, 0.29) is 11.0 Å². The molecule has 0 amide bonds. The molecule has 3 heterocycles. The number of nitrogens with zero attached hydrogens (tertiary/aromatic N) is 5. The highest BCUT2D eigenvalue weighted by molar-refractivity contribution is 5.52. The number of likely N-dealkylation sites (tertiary alicyclic amines) is 1. The molecule has 0 saturated carbocycles. The van der Waals surface area contributed by atoms with Crippen molar-refractivity contribution in [1.29, 1.82) is 0 Å². The summed E-state index contributed by atoms with van der Waals surface area (Å²) >= 11 is 0. The first kappa shape index (κ1) is 36.1. The van der Waals surface area contributed by atoms with Gasteiger partial charge in [0.2, 0.25) is 0 Å². The van der Waals surface area contributed by atoms with Gasteiger partial charge in [-0.25, -0.2) is 0 Å². The van der Waals surface area contributed by atoms with Crippen molar-refractivity contribution in [2.24, 2.45) is 0 Å². The fourth-order valence-electron chi connectivity index (χ4n) is 7.21. The third-order valence-electron chi connectivity index (χ3n) is 10.7. The second-order valence-corrected chi connectivity index (χ2v) is 16.9. The Kier molecular flexibility index (Phi) is 11.7. The van der Waals surface area contributed by atoms with Crippen LogP contribution in [-0.2, 0) is 16.6 Å². The summed E-state index contributed by atoms with van der Waals surface area (Å²) in [4.78, 5) is 13.0. The minimum atomic E-state index is -0.0563. The van der Waals surface area contributed by atoms with Gasteiger partial charge in [-0.15, -0.1) is 0 Å². The van der Waals surface area contributed by atoms with Crippen LogP contribution in [0, 0.1) is 6.92 Å². The molecule has 5 rings (SSSR count). The number of aryl methyl sites for hydroxylation is 1.